The Balaban J connectivity index is 2.03. The molecule has 0 unspecified atom stereocenters. The molecule has 2 aromatic rings. The fraction of sp³-hybridized carbons (Fsp3) is 0.467. The van der Waals surface area contributed by atoms with E-state index >= 15 is 0 Å². The highest BCUT2D eigenvalue weighted by Crippen LogP contribution is 2.62. The maximum absolute atomic E-state index is 12.4. The Hall–Kier alpha value is -1.76. The van der Waals surface area contributed by atoms with Gasteiger partial charge in [0.05, 0.1) is 5.52 Å². The molecule has 6 nitrogen and oxygen atoms in total. The number of halogens is 1. The van der Waals surface area contributed by atoms with Crippen LogP contribution in [0.5, 0.6) is 0 Å². The number of hydrogen-bond acceptors (Lipinski definition) is 4. The quantitative estimate of drug-likeness (QED) is 0.632. The van der Waals surface area contributed by atoms with Crippen LogP contribution in [-0.2, 0) is 7.05 Å². The van der Waals surface area contributed by atoms with Crippen molar-refractivity contribution in [3.8, 4) is 0 Å². The van der Waals surface area contributed by atoms with Crippen LogP contribution < -0.4 is 11.0 Å². The first-order valence-electron chi connectivity index (χ1n) is 7.37. The van der Waals surface area contributed by atoms with Crippen molar-refractivity contribution in [1.82, 2.24) is 14.1 Å². The van der Waals surface area contributed by atoms with Gasteiger partial charge in [-0.25, -0.2) is 4.98 Å². The van der Waals surface area contributed by atoms with Gasteiger partial charge < -0.3 is 4.57 Å². The smallest absolute Gasteiger partial charge is 0.293 e. The van der Waals surface area contributed by atoms with Crippen LogP contribution >= 0.6 is 15.9 Å². The SMILES string of the molecule is Cn1c(=O)c(=N)n(C(=N)C2(C3CC3)CC2)c2ncc(Br)cc21. The topological polar surface area (TPSA) is 87.5 Å². The number of hydrogen-bond donors (Lipinski definition) is 2. The first-order valence-corrected chi connectivity index (χ1v) is 8.16. The second kappa shape index (κ2) is 4.38. The molecule has 2 heterocycles. The molecule has 114 valence electrons. The van der Waals surface area contributed by atoms with Crippen LogP contribution in [0.3, 0.4) is 0 Å². The van der Waals surface area contributed by atoms with Crippen molar-refractivity contribution in [2.75, 3.05) is 0 Å². The molecule has 2 saturated carbocycles. The Morgan fingerprint density at radius 2 is 2.14 bits per heavy atom. The second-order valence-electron chi connectivity index (χ2n) is 6.32. The minimum Gasteiger partial charge on any atom is -0.305 e. The molecule has 2 aliphatic rings. The second-order valence-corrected chi connectivity index (χ2v) is 7.24. The number of pyridine rings is 1. The lowest BCUT2D eigenvalue weighted by atomic mass is 9.98. The lowest BCUT2D eigenvalue weighted by molar-refractivity contribution is 0.572. The first kappa shape index (κ1) is 13.9. The van der Waals surface area contributed by atoms with Crippen molar-refractivity contribution in [3.05, 3.63) is 32.6 Å². The molecular formula is C15H16BrN5O. The lowest BCUT2D eigenvalue weighted by Crippen LogP contribution is -2.45. The van der Waals surface area contributed by atoms with E-state index in [1.807, 2.05) is 6.07 Å². The lowest BCUT2D eigenvalue weighted by Gasteiger charge is -2.20. The number of nitrogens with zero attached hydrogens (tertiary/aromatic N) is 3. The Morgan fingerprint density at radius 3 is 2.73 bits per heavy atom. The van der Waals surface area contributed by atoms with E-state index in [1.165, 1.54) is 9.13 Å². The summed E-state index contributed by atoms with van der Waals surface area (Å²) in [4.78, 5) is 16.7. The fourth-order valence-corrected chi connectivity index (χ4v) is 3.68. The maximum Gasteiger partial charge on any atom is 0.293 e. The summed E-state index contributed by atoms with van der Waals surface area (Å²) in [6.07, 6.45) is 5.91. The molecule has 0 saturated heterocycles. The van der Waals surface area contributed by atoms with Crippen LogP contribution in [0.4, 0.5) is 0 Å². The van der Waals surface area contributed by atoms with Crippen molar-refractivity contribution in [2.45, 2.75) is 25.7 Å². The highest BCUT2D eigenvalue weighted by molar-refractivity contribution is 9.10. The van der Waals surface area contributed by atoms with Gasteiger partial charge in [0.2, 0.25) is 0 Å². The zero-order valence-electron chi connectivity index (χ0n) is 12.2. The molecule has 2 fully saturated rings. The van der Waals surface area contributed by atoms with E-state index in [1.54, 1.807) is 13.2 Å². The van der Waals surface area contributed by atoms with Crippen LogP contribution in [0.1, 0.15) is 25.7 Å². The van der Waals surface area contributed by atoms with Crippen LogP contribution in [0.2, 0.25) is 0 Å². The maximum atomic E-state index is 12.4. The Labute approximate surface area is 134 Å². The van der Waals surface area contributed by atoms with Gasteiger partial charge in [-0.3, -0.25) is 20.2 Å². The Morgan fingerprint density at radius 1 is 1.45 bits per heavy atom. The number of aromatic nitrogens is 3. The van der Waals surface area contributed by atoms with Gasteiger partial charge in [0.15, 0.2) is 11.1 Å². The summed E-state index contributed by atoms with van der Waals surface area (Å²) in [5.74, 6) is 0.916. The summed E-state index contributed by atoms with van der Waals surface area (Å²) in [5, 5.41) is 16.9. The average molecular weight is 362 g/mol. The van der Waals surface area contributed by atoms with Crippen LogP contribution in [0.15, 0.2) is 21.5 Å². The van der Waals surface area contributed by atoms with Gasteiger partial charge >= 0.3 is 0 Å². The third-order valence-electron chi connectivity index (χ3n) is 4.96. The molecule has 22 heavy (non-hydrogen) atoms. The van der Waals surface area contributed by atoms with E-state index in [0.29, 0.717) is 22.9 Å². The van der Waals surface area contributed by atoms with E-state index in [-0.39, 0.29) is 10.9 Å². The van der Waals surface area contributed by atoms with E-state index < -0.39 is 5.56 Å². The third kappa shape index (κ3) is 1.78. The van der Waals surface area contributed by atoms with Crippen LogP contribution in [-0.4, -0.2) is 20.0 Å². The van der Waals surface area contributed by atoms with E-state index in [2.05, 4.69) is 20.9 Å². The van der Waals surface area contributed by atoms with Gasteiger partial charge in [-0.1, -0.05) is 0 Å². The van der Waals surface area contributed by atoms with Gasteiger partial charge in [0.1, 0.15) is 5.84 Å². The molecule has 4 rings (SSSR count). The first-order chi connectivity index (χ1) is 10.5. The van der Waals surface area contributed by atoms with Gasteiger partial charge in [0, 0.05) is 23.1 Å². The van der Waals surface area contributed by atoms with Crippen molar-refractivity contribution < 1.29 is 0 Å². The number of rotatable bonds is 2. The summed E-state index contributed by atoms with van der Waals surface area (Å²) < 4.78 is 3.65. The monoisotopic (exact) mass is 361 g/mol. The highest BCUT2D eigenvalue weighted by atomic mass is 79.9. The van der Waals surface area contributed by atoms with Gasteiger partial charge in [0.25, 0.3) is 5.56 Å². The molecule has 0 radical (unpaired) electrons. The molecule has 2 aromatic heterocycles. The van der Waals surface area contributed by atoms with Gasteiger partial charge in [-0.2, -0.15) is 0 Å². The largest absolute Gasteiger partial charge is 0.305 e. The van der Waals surface area contributed by atoms with E-state index in [9.17, 15) is 4.79 Å². The summed E-state index contributed by atoms with van der Waals surface area (Å²) in [5.41, 5.74) is 0.429. The number of nitrogens with one attached hydrogen (secondary N) is 2. The van der Waals surface area contributed by atoms with Crippen molar-refractivity contribution in [1.29, 1.82) is 10.8 Å². The molecule has 2 N–H and O–H groups in total. The minimum atomic E-state index is -0.399. The number of fused-ring (bicyclic) bond motifs is 1. The van der Waals surface area contributed by atoms with Crippen molar-refractivity contribution in [2.24, 2.45) is 18.4 Å². The molecule has 0 bridgehead atoms. The fourth-order valence-electron chi connectivity index (χ4n) is 3.36. The molecule has 0 atom stereocenters. The molecule has 2 aliphatic carbocycles. The average Bonchev–Trinajstić information content (AvgIpc) is 3.37. The van der Waals surface area contributed by atoms with Crippen molar-refractivity contribution >= 4 is 32.9 Å². The summed E-state index contributed by atoms with van der Waals surface area (Å²) in [6.45, 7) is 0. The molecule has 0 aliphatic heterocycles. The third-order valence-corrected chi connectivity index (χ3v) is 5.39. The summed E-state index contributed by atoms with van der Waals surface area (Å²) >= 11 is 3.37. The van der Waals surface area contributed by atoms with E-state index in [0.717, 1.165) is 30.2 Å². The number of aryl methyl sites for hydroxylation is 1. The highest BCUT2D eigenvalue weighted by Gasteiger charge is 2.57. The van der Waals surface area contributed by atoms with Crippen LogP contribution in [0.25, 0.3) is 11.2 Å². The zero-order chi connectivity index (χ0) is 15.6. The zero-order valence-corrected chi connectivity index (χ0v) is 13.8. The summed E-state index contributed by atoms with van der Waals surface area (Å²) in [7, 11) is 1.64. The standard InChI is InChI=1S/C15H16BrN5O/c1-20-10-6-9(16)7-19-12(10)21(11(17)13(20)22)14(18)15(4-5-15)8-2-3-8/h6-8,17-18H,2-5H2,1H3. The predicted molar refractivity (Wildman–Crippen MR) is 86.0 cm³/mol. The van der Waals surface area contributed by atoms with Gasteiger partial charge in [-0.05, 0) is 53.6 Å². The minimum absolute atomic E-state index is 0.130. The Kier molecular flexibility index (Phi) is 2.76. The molecule has 0 amide bonds. The predicted octanol–water partition coefficient (Wildman–Crippen LogP) is 1.99. The molecular weight excluding hydrogens is 346 g/mol. The molecule has 7 heteroatoms. The van der Waals surface area contributed by atoms with E-state index in [4.69, 9.17) is 10.8 Å². The Bertz CT molecular complexity index is 933. The normalized spacial score (nSPS) is 19.4. The molecule has 0 spiro atoms. The van der Waals surface area contributed by atoms with Gasteiger partial charge in [-0.15, -0.1) is 0 Å². The summed E-state index contributed by atoms with van der Waals surface area (Å²) in [6, 6.07) is 1.81. The molecule has 0 aromatic carbocycles. The van der Waals surface area contributed by atoms with Crippen LogP contribution in [0, 0.1) is 22.2 Å². The van der Waals surface area contributed by atoms with Crippen molar-refractivity contribution in [3.63, 3.8) is 0 Å².